The summed E-state index contributed by atoms with van der Waals surface area (Å²) in [5.74, 6) is 0.280. The van der Waals surface area contributed by atoms with Crippen LogP contribution in [0.3, 0.4) is 0 Å². The average molecular weight is 890 g/mol. The summed E-state index contributed by atoms with van der Waals surface area (Å²) in [5.41, 5.74) is 3.62. The first-order chi connectivity index (χ1) is 32.4. The van der Waals surface area contributed by atoms with E-state index in [1.807, 2.05) is 54.6 Å². The second kappa shape index (κ2) is 29.8. The molecule has 0 heterocycles. The Hall–Kier alpha value is -6.53. The lowest BCUT2D eigenvalue weighted by atomic mass is 10.1. The minimum Gasteiger partial charge on any atom is -0.494 e. The molecule has 66 heavy (non-hydrogen) atoms. The third-order valence-corrected chi connectivity index (χ3v) is 11.2. The summed E-state index contributed by atoms with van der Waals surface area (Å²) < 4.78 is 23.1. The van der Waals surface area contributed by atoms with Crippen molar-refractivity contribution in [1.29, 1.82) is 5.26 Å². The molecule has 0 radical (unpaired) electrons. The Balaban J connectivity index is 1.03. The first kappa shape index (κ1) is 50.5. The van der Waals surface area contributed by atoms with Gasteiger partial charge in [-0.25, -0.2) is 9.59 Å². The number of hydrogen-bond donors (Lipinski definition) is 0. The van der Waals surface area contributed by atoms with Gasteiger partial charge in [0.15, 0.2) is 11.5 Å². The van der Waals surface area contributed by atoms with Gasteiger partial charge in [-0.05, 0) is 109 Å². The van der Waals surface area contributed by atoms with Crippen molar-refractivity contribution in [2.75, 3.05) is 13.2 Å². The molecule has 9 nitrogen and oxygen atoms in total. The van der Waals surface area contributed by atoms with E-state index in [9.17, 15) is 14.9 Å². The van der Waals surface area contributed by atoms with E-state index in [2.05, 4.69) is 23.8 Å². The van der Waals surface area contributed by atoms with E-state index in [4.69, 9.17) is 18.9 Å². The van der Waals surface area contributed by atoms with Crippen LogP contribution in [0.4, 0.5) is 11.4 Å². The van der Waals surface area contributed by atoms with E-state index in [0.717, 1.165) is 46.8 Å². The molecule has 0 atom stereocenters. The van der Waals surface area contributed by atoms with Gasteiger partial charge in [0.25, 0.3) is 0 Å². The summed E-state index contributed by atoms with van der Waals surface area (Å²) in [5, 5.41) is 10.0. The van der Waals surface area contributed by atoms with Gasteiger partial charge in [-0.3, -0.25) is 9.98 Å². The quantitative estimate of drug-likeness (QED) is 0.0195. The highest BCUT2D eigenvalue weighted by atomic mass is 16.5. The summed E-state index contributed by atoms with van der Waals surface area (Å²) in [6, 6.07) is 35.4. The Morgan fingerprint density at radius 2 is 0.818 bits per heavy atom. The van der Waals surface area contributed by atoms with Gasteiger partial charge in [0.1, 0.15) is 23.1 Å². The number of hydrogen-bond acceptors (Lipinski definition) is 9. The van der Waals surface area contributed by atoms with Crippen molar-refractivity contribution in [2.45, 2.75) is 129 Å². The predicted molar refractivity (Wildman–Crippen MR) is 267 cm³/mol. The van der Waals surface area contributed by atoms with Crippen LogP contribution in [-0.2, 0) is 0 Å². The van der Waals surface area contributed by atoms with Crippen LogP contribution in [0.2, 0.25) is 0 Å². The molecule has 0 saturated carbocycles. The Kier molecular flexibility index (Phi) is 22.8. The van der Waals surface area contributed by atoms with Crippen LogP contribution in [0.1, 0.15) is 167 Å². The number of rotatable bonds is 30. The minimum atomic E-state index is -0.665. The normalized spacial score (nSPS) is 11.2. The highest BCUT2D eigenvalue weighted by molar-refractivity contribution is 5.94. The zero-order valence-corrected chi connectivity index (χ0v) is 39.1. The molecule has 9 heteroatoms. The fourth-order valence-electron chi connectivity index (χ4n) is 7.28. The Morgan fingerprint density at radius 3 is 1.17 bits per heavy atom. The monoisotopic (exact) mass is 890 g/mol. The van der Waals surface area contributed by atoms with Crippen molar-refractivity contribution in [2.24, 2.45) is 9.98 Å². The molecule has 0 saturated heterocycles. The Labute approximate surface area is 392 Å². The number of nitriles is 1. The molecule has 5 rings (SSSR count). The fraction of sp³-hybridized carbons (Fsp3) is 0.386. The molecular weight excluding hydrogens is 823 g/mol. The zero-order valence-electron chi connectivity index (χ0n) is 39.1. The van der Waals surface area contributed by atoms with Crippen LogP contribution in [0.25, 0.3) is 0 Å². The number of carbonyl (C=O) groups is 2. The summed E-state index contributed by atoms with van der Waals surface area (Å²) >= 11 is 0. The molecule has 346 valence electrons. The molecule has 0 amide bonds. The number of carbonyl (C=O) groups excluding carboxylic acids is 2. The molecule has 0 aliphatic carbocycles. The summed E-state index contributed by atoms with van der Waals surface area (Å²) in [7, 11) is 0. The number of unbranched alkanes of at least 4 members (excludes halogenated alkanes) is 16. The number of nitrogens with zero attached hydrogens (tertiary/aromatic N) is 3. The lowest BCUT2D eigenvalue weighted by Gasteiger charge is -2.10. The van der Waals surface area contributed by atoms with Gasteiger partial charge in [-0.2, -0.15) is 5.26 Å². The second-order valence-corrected chi connectivity index (χ2v) is 16.6. The third kappa shape index (κ3) is 18.5. The van der Waals surface area contributed by atoms with Crippen LogP contribution < -0.4 is 18.9 Å². The van der Waals surface area contributed by atoms with Crippen molar-refractivity contribution < 1.29 is 28.5 Å². The van der Waals surface area contributed by atoms with Gasteiger partial charge in [0.2, 0.25) is 0 Å². The SMILES string of the molecule is CCCCCCCCCCCOc1ccc(N=Cc2ccc(C(=O)Oc3cccc(OC(=O)c4ccc(C=Nc5ccc(OCCCCCCCCCCC)cc5)cc4)c3C#N)cc2)cc1. The maximum Gasteiger partial charge on any atom is 0.343 e. The average Bonchev–Trinajstić information content (AvgIpc) is 3.35. The van der Waals surface area contributed by atoms with Crippen molar-refractivity contribution >= 4 is 35.7 Å². The highest BCUT2D eigenvalue weighted by Gasteiger charge is 2.18. The lowest BCUT2D eigenvalue weighted by Crippen LogP contribution is -2.12. The van der Waals surface area contributed by atoms with E-state index >= 15 is 0 Å². The first-order valence-electron chi connectivity index (χ1n) is 24.2. The van der Waals surface area contributed by atoms with Crippen LogP contribution in [0.5, 0.6) is 23.0 Å². The van der Waals surface area contributed by atoms with Crippen molar-refractivity contribution in [3.05, 3.63) is 143 Å². The van der Waals surface area contributed by atoms with Gasteiger partial charge in [-0.15, -0.1) is 0 Å². The summed E-state index contributed by atoms with van der Waals surface area (Å²) in [4.78, 5) is 35.4. The van der Waals surface area contributed by atoms with E-state index in [-0.39, 0.29) is 28.2 Å². The molecule has 0 aromatic heterocycles. The topological polar surface area (TPSA) is 120 Å². The molecule has 0 aliphatic heterocycles. The molecule has 0 unspecified atom stereocenters. The number of ether oxygens (including phenoxy) is 4. The zero-order chi connectivity index (χ0) is 46.4. The van der Waals surface area contributed by atoms with Gasteiger partial charge >= 0.3 is 11.9 Å². The maximum absolute atomic E-state index is 13.1. The van der Waals surface area contributed by atoms with Gasteiger partial charge in [0, 0.05) is 12.4 Å². The molecule has 0 aliphatic rings. The van der Waals surface area contributed by atoms with Crippen LogP contribution in [0.15, 0.2) is 125 Å². The molecule has 0 fully saturated rings. The predicted octanol–water partition coefficient (Wildman–Crippen LogP) is 15.3. The van der Waals surface area contributed by atoms with Crippen LogP contribution in [-0.4, -0.2) is 37.6 Å². The Morgan fingerprint density at radius 1 is 0.470 bits per heavy atom. The third-order valence-electron chi connectivity index (χ3n) is 11.2. The molecule has 0 N–H and O–H groups in total. The van der Waals surface area contributed by atoms with Crippen LogP contribution >= 0.6 is 0 Å². The van der Waals surface area contributed by atoms with E-state index in [1.165, 1.54) is 115 Å². The molecule has 0 spiro atoms. The summed E-state index contributed by atoms with van der Waals surface area (Å²) in [6.45, 7) is 5.92. The largest absolute Gasteiger partial charge is 0.494 e. The molecular formula is C57H67N3O6. The lowest BCUT2D eigenvalue weighted by molar-refractivity contribution is 0.0731. The van der Waals surface area contributed by atoms with Gasteiger partial charge in [0.05, 0.1) is 35.7 Å². The summed E-state index contributed by atoms with van der Waals surface area (Å²) in [6.07, 6.45) is 26.5. The molecule has 5 aromatic rings. The van der Waals surface area contributed by atoms with Crippen LogP contribution in [0, 0.1) is 11.3 Å². The second-order valence-electron chi connectivity index (χ2n) is 16.6. The van der Waals surface area contributed by atoms with E-state index < -0.39 is 11.9 Å². The minimum absolute atomic E-state index is 0.0241. The maximum atomic E-state index is 13.1. The van der Waals surface area contributed by atoms with Gasteiger partial charge < -0.3 is 18.9 Å². The van der Waals surface area contributed by atoms with Crippen molar-refractivity contribution in [1.82, 2.24) is 0 Å². The highest BCUT2D eigenvalue weighted by Crippen LogP contribution is 2.29. The molecule has 5 aromatic carbocycles. The Bertz CT molecular complexity index is 2120. The van der Waals surface area contributed by atoms with Crippen molar-refractivity contribution in [3.8, 4) is 29.1 Å². The smallest absolute Gasteiger partial charge is 0.343 e. The van der Waals surface area contributed by atoms with E-state index in [1.54, 1.807) is 67.0 Å². The molecule has 0 bridgehead atoms. The standard InChI is InChI=1S/C57H67N3O6/c1-3-5-7-9-11-13-15-17-19-40-63-51-36-32-49(33-37-51)59-43-45-24-28-47(29-25-45)56(61)65-54-22-21-23-55(53(54)42-58)66-57(62)48-30-26-46(27-31-48)44-60-50-34-38-52(39-35-50)64-41-20-18-16-14-12-10-8-6-4-2/h21-39,43-44H,3-20,40-41H2,1-2H3. The number of benzene rings is 5. The van der Waals surface area contributed by atoms with Crippen molar-refractivity contribution in [3.63, 3.8) is 0 Å². The number of aliphatic imine (C=N–C) groups is 2. The van der Waals surface area contributed by atoms with Gasteiger partial charge in [-0.1, -0.05) is 147 Å². The fourth-order valence-corrected chi connectivity index (χ4v) is 7.28. The van der Waals surface area contributed by atoms with E-state index in [0.29, 0.717) is 13.2 Å². The first-order valence-corrected chi connectivity index (χ1v) is 24.2. The number of esters is 2.